The number of benzene rings is 1. The molecule has 19 heavy (non-hydrogen) atoms. The zero-order valence-corrected chi connectivity index (χ0v) is 12.0. The molecule has 1 aromatic rings. The van der Waals surface area contributed by atoms with Crippen LogP contribution in [0.5, 0.6) is 0 Å². The number of carbonyl (C=O) groups excluding carboxylic acids is 1. The lowest BCUT2D eigenvalue weighted by atomic mass is 10.3. The Bertz CT molecular complexity index is 588. The van der Waals surface area contributed by atoms with Gasteiger partial charge in [0.2, 0.25) is 5.91 Å². The third kappa shape index (κ3) is 3.09. The summed E-state index contributed by atoms with van der Waals surface area (Å²) >= 11 is 1.56. The average molecular weight is 303 g/mol. The number of thioether (sulfide) groups is 1. The summed E-state index contributed by atoms with van der Waals surface area (Å²) in [7, 11) is -4.67. The summed E-state index contributed by atoms with van der Waals surface area (Å²) in [5.41, 5.74) is 0.658. The molecule has 4 nitrogen and oxygen atoms in total. The number of anilines is 1. The van der Waals surface area contributed by atoms with Gasteiger partial charge >= 0.3 is 10.2 Å². The second-order valence-electron chi connectivity index (χ2n) is 4.21. The number of hydrogen-bond acceptors (Lipinski definition) is 4. The van der Waals surface area contributed by atoms with Gasteiger partial charge in [-0.05, 0) is 17.9 Å². The van der Waals surface area contributed by atoms with Crippen molar-refractivity contribution in [1.82, 2.24) is 0 Å². The van der Waals surface area contributed by atoms with Crippen molar-refractivity contribution < 1.29 is 17.1 Å². The number of hydrogen-bond donors (Lipinski definition) is 0. The predicted molar refractivity (Wildman–Crippen MR) is 73.6 cm³/mol. The van der Waals surface area contributed by atoms with Crippen molar-refractivity contribution in [2.45, 2.75) is 23.5 Å². The fraction of sp³-hybridized carbons (Fsp3) is 0.417. The van der Waals surface area contributed by atoms with Crippen molar-refractivity contribution in [1.29, 1.82) is 0 Å². The molecule has 1 aliphatic heterocycles. The molecule has 1 unspecified atom stereocenters. The third-order valence-electron chi connectivity index (χ3n) is 2.94. The number of carbonyl (C=O) groups is 1. The molecular weight excluding hydrogens is 289 g/mol. The van der Waals surface area contributed by atoms with Crippen LogP contribution < -0.4 is 4.90 Å². The molecule has 1 fully saturated rings. The summed E-state index contributed by atoms with van der Waals surface area (Å²) in [5.74, 6) is 0.486. The maximum absolute atomic E-state index is 13.0. The Morgan fingerprint density at radius 2 is 2.11 bits per heavy atom. The van der Waals surface area contributed by atoms with Gasteiger partial charge in [0.15, 0.2) is 0 Å². The largest absolute Gasteiger partial charge is 0.310 e. The van der Waals surface area contributed by atoms with Crippen LogP contribution in [0.1, 0.15) is 13.3 Å². The van der Waals surface area contributed by atoms with Gasteiger partial charge in [0.25, 0.3) is 0 Å². The Kier molecular flexibility index (Phi) is 4.15. The SMILES string of the molecule is CCSc1ccccc1N1CC(S(=O)(=O)F)CC1=O. The van der Waals surface area contributed by atoms with Crippen molar-refractivity contribution in [2.24, 2.45) is 0 Å². The Labute approximate surface area is 116 Å². The summed E-state index contributed by atoms with van der Waals surface area (Å²) in [4.78, 5) is 14.1. The van der Waals surface area contributed by atoms with E-state index in [9.17, 15) is 17.1 Å². The second kappa shape index (κ2) is 5.50. The quantitative estimate of drug-likeness (QED) is 0.632. The van der Waals surface area contributed by atoms with Gasteiger partial charge in [-0.25, -0.2) is 0 Å². The van der Waals surface area contributed by atoms with E-state index in [-0.39, 0.29) is 18.9 Å². The van der Waals surface area contributed by atoms with Crippen LogP contribution >= 0.6 is 11.8 Å². The van der Waals surface area contributed by atoms with Crippen LogP contribution in [0.2, 0.25) is 0 Å². The van der Waals surface area contributed by atoms with Crippen molar-refractivity contribution in [2.75, 3.05) is 17.2 Å². The van der Waals surface area contributed by atoms with E-state index in [1.165, 1.54) is 4.90 Å². The van der Waals surface area contributed by atoms with E-state index >= 15 is 0 Å². The van der Waals surface area contributed by atoms with Crippen molar-refractivity contribution >= 4 is 33.6 Å². The molecule has 1 heterocycles. The first-order chi connectivity index (χ1) is 8.93. The number of amides is 1. The van der Waals surface area contributed by atoms with Crippen LogP contribution in [0.25, 0.3) is 0 Å². The molecule has 1 amide bonds. The van der Waals surface area contributed by atoms with E-state index in [2.05, 4.69) is 0 Å². The summed E-state index contributed by atoms with van der Waals surface area (Å²) in [6.07, 6.45) is -0.288. The van der Waals surface area contributed by atoms with E-state index in [0.29, 0.717) is 5.69 Å². The van der Waals surface area contributed by atoms with Gasteiger partial charge in [-0.15, -0.1) is 15.6 Å². The van der Waals surface area contributed by atoms with E-state index in [4.69, 9.17) is 0 Å². The molecule has 0 radical (unpaired) electrons. The van der Waals surface area contributed by atoms with Crippen LogP contribution in [0.15, 0.2) is 29.2 Å². The van der Waals surface area contributed by atoms with Gasteiger partial charge in [0.05, 0.1) is 5.69 Å². The lowest BCUT2D eigenvalue weighted by molar-refractivity contribution is -0.117. The topological polar surface area (TPSA) is 54.5 Å². The zero-order valence-electron chi connectivity index (χ0n) is 10.4. The maximum Gasteiger partial charge on any atom is 0.307 e. The summed E-state index contributed by atoms with van der Waals surface area (Å²) in [6.45, 7) is 1.88. The molecule has 2 rings (SSSR count). The minimum Gasteiger partial charge on any atom is -0.310 e. The fourth-order valence-electron chi connectivity index (χ4n) is 2.05. The highest BCUT2D eigenvalue weighted by Crippen LogP contribution is 2.33. The molecule has 0 N–H and O–H groups in total. The van der Waals surface area contributed by atoms with Gasteiger partial charge in [0, 0.05) is 17.9 Å². The minimum atomic E-state index is -4.67. The van der Waals surface area contributed by atoms with Gasteiger partial charge in [0.1, 0.15) is 5.25 Å². The van der Waals surface area contributed by atoms with Crippen molar-refractivity contribution in [3.8, 4) is 0 Å². The first-order valence-electron chi connectivity index (χ1n) is 5.89. The standard InChI is InChI=1S/C12H14FNO3S2/c1-2-18-11-6-4-3-5-10(11)14-8-9(7-12(14)15)19(13,16)17/h3-6,9H,2,7-8H2,1H3. The minimum absolute atomic E-state index is 0.112. The van der Waals surface area contributed by atoms with Crippen LogP contribution in [0, 0.1) is 0 Å². The molecule has 0 bridgehead atoms. The third-order valence-corrected chi connectivity index (χ3v) is 5.00. The molecule has 0 aliphatic carbocycles. The Morgan fingerprint density at radius 3 is 2.68 bits per heavy atom. The molecule has 7 heteroatoms. The zero-order chi connectivity index (χ0) is 14.0. The summed E-state index contributed by atoms with van der Waals surface area (Å²) < 4.78 is 34.8. The van der Waals surface area contributed by atoms with Crippen molar-refractivity contribution in [3.63, 3.8) is 0 Å². The van der Waals surface area contributed by atoms with Gasteiger partial charge in [-0.3, -0.25) is 4.79 Å². The fourth-order valence-corrected chi connectivity index (χ4v) is 3.53. The highest BCUT2D eigenvalue weighted by molar-refractivity contribution is 7.99. The smallest absolute Gasteiger partial charge is 0.307 e. The average Bonchev–Trinajstić information content (AvgIpc) is 2.72. The lowest BCUT2D eigenvalue weighted by Gasteiger charge is -2.19. The Hall–Kier alpha value is -1.08. The number of rotatable bonds is 4. The van der Waals surface area contributed by atoms with E-state index in [1.54, 1.807) is 23.9 Å². The van der Waals surface area contributed by atoms with Crippen LogP contribution in [0.3, 0.4) is 0 Å². The van der Waals surface area contributed by atoms with Gasteiger partial charge in [-0.2, -0.15) is 8.42 Å². The second-order valence-corrected chi connectivity index (χ2v) is 7.13. The summed E-state index contributed by atoms with van der Waals surface area (Å²) in [6, 6.07) is 7.25. The first-order valence-corrected chi connectivity index (χ1v) is 8.32. The summed E-state index contributed by atoms with van der Waals surface area (Å²) in [5, 5.41) is -1.25. The molecule has 1 aromatic carbocycles. The van der Waals surface area contributed by atoms with E-state index in [0.717, 1.165) is 10.6 Å². The Morgan fingerprint density at radius 1 is 1.42 bits per heavy atom. The number of nitrogens with zero attached hydrogens (tertiary/aromatic N) is 1. The maximum atomic E-state index is 13.0. The molecular formula is C12H14FNO3S2. The first kappa shape index (κ1) is 14.3. The normalized spacial score (nSPS) is 20.0. The van der Waals surface area contributed by atoms with Crippen LogP contribution in [-0.2, 0) is 15.0 Å². The van der Waals surface area contributed by atoms with Gasteiger partial charge < -0.3 is 4.90 Å². The molecule has 1 saturated heterocycles. The monoisotopic (exact) mass is 303 g/mol. The van der Waals surface area contributed by atoms with Crippen LogP contribution in [-0.4, -0.2) is 31.9 Å². The molecule has 1 atom stereocenters. The van der Waals surface area contributed by atoms with Gasteiger partial charge in [-0.1, -0.05) is 19.1 Å². The number of halogens is 1. The number of para-hydroxylation sites is 1. The highest BCUT2D eigenvalue weighted by Gasteiger charge is 2.39. The van der Waals surface area contributed by atoms with E-state index < -0.39 is 15.5 Å². The molecule has 0 aromatic heterocycles. The molecule has 1 aliphatic rings. The highest BCUT2D eigenvalue weighted by atomic mass is 32.3. The van der Waals surface area contributed by atoms with E-state index in [1.807, 2.05) is 19.1 Å². The van der Waals surface area contributed by atoms with Crippen LogP contribution in [0.4, 0.5) is 9.57 Å². The Balaban J connectivity index is 2.31. The lowest BCUT2D eigenvalue weighted by Crippen LogP contribution is -2.27. The predicted octanol–water partition coefficient (Wildman–Crippen LogP) is 2.20. The molecule has 104 valence electrons. The van der Waals surface area contributed by atoms with Crippen molar-refractivity contribution in [3.05, 3.63) is 24.3 Å². The molecule has 0 spiro atoms. The molecule has 0 saturated carbocycles.